The van der Waals surface area contributed by atoms with Gasteiger partial charge >= 0.3 is 0 Å². The van der Waals surface area contributed by atoms with Crippen LogP contribution in [0.4, 0.5) is 0 Å². The molecule has 3 nitrogen and oxygen atoms in total. The summed E-state index contributed by atoms with van der Waals surface area (Å²) in [6.07, 6.45) is 10.4. The molecule has 0 unspecified atom stereocenters. The monoisotopic (exact) mass is 539 g/mol. The number of benzene rings is 4. The Balaban J connectivity index is 1.44. The van der Waals surface area contributed by atoms with Crippen molar-refractivity contribution < 1.29 is 0 Å². The zero-order chi connectivity index (χ0) is 25.8. The third-order valence-corrected chi connectivity index (χ3v) is 10.2. The number of nitrogens with zero attached hydrogens (tertiary/aromatic N) is 1. The molecule has 0 fully saturated rings. The summed E-state index contributed by atoms with van der Waals surface area (Å²) in [6, 6.07) is 31.9. The second kappa shape index (κ2) is 9.08. The van der Waals surface area contributed by atoms with Gasteiger partial charge in [0.05, 0.1) is 11.1 Å². The first-order chi connectivity index (χ1) is 19.3. The predicted octanol–water partition coefficient (Wildman–Crippen LogP) is 7.47. The molecule has 0 radical (unpaired) electrons. The van der Waals surface area contributed by atoms with Crippen LogP contribution in [0.15, 0.2) is 134 Å². The Bertz CT molecular complexity index is 1730. The number of fused-ring (bicyclic) bond motifs is 8. The molecular formula is C34H25N3S2. The summed E-state index contributed by atoms with van der Waals surface area (Å²) in [5.74, 6) is 0. The van der Waals surface area contributed by atoms with Crippen LogP contribution in [0.1, 0.15) is 33.4 Å². The Hall–Kier alpha value is -3.93. The van der Waals surface area contributed by atoms with E-state index < -0.39 is 5.41 Å². The fraction of sp³-hybridized carbons (Fsp3) is 0.0882. The number of allylic oxidation sites excluding steroid dienone is 2. The number of aliphatic imine (C=N–C) groups is 1. The lowest BCUT2D eigenvalue weighted by Gasteiger charge is -2.45. The summed E-state index contributed by atoms with van der Waals surface area (Å²) in [7, 11) is 0. The Morgan fingerprint density at radius 2 is 1.31 bits per heavy atom. The summed E-state index contributed by atoms with van der Waals surface area (Å²) in [5.41, 5.74) is 9.48. The van der Waals surface area contributed by atoms with Gasteiger partial charge in [-0.3, -0.25) is 4.99 Å². The fourth-order valence-corrected chi connectivity index (χ4v) is 8.67. The van der Waals surface area contributed by atoms with E-state index in [1.165, 1.54) is 53.1 Å². The van der Waals surface area contributed by atoms with Gasteiger partial charge in [-0.2, -0.15) is 0 Å². The van der Waals surface area contributed by atoms with E-state index in [0.717, 1.165) is 24.4 Å². The van der Waals surface area contributed by atoms with Crippen molar-refractivity contribution in [3.8, 4) is 0 Å². The lowest BCUT2D eigenvalue weighted by atomic mass is 9.64. The smallest absolute Gasteiger partial charge is 0.0855 e. The van der Waals surface area contributed by atoms with Crippen LogP contribution in [0, 0.1) is 0 Å². The van der Waals surface area contributed by atoms with E-state index in [4.69, 9.17) is 0 Å². The second-order valence-electron chi connectivity index (χ2n) is 10.0. The minimum Gasteiger partial charge on any atom is -0.384 e. The van der Waals surface area contributed by atoms with Gasteiger partial charge in [0.15, 0.2) is 0 Å². The third kappa shape index (κ3) is 3.50. The zero-order valence-corrected chi connectivity index (χ0v) is 22.8. The van der Waals surface area contributed by atoms with Crippen molar-refractivity contribution in [2.75, 3.05) is 13.1 Å². The highest BCUT2D eigenvalue weighted by Crippen LogP contribution is 2.61. The number of nitrogens with one attached hydrogen (secondary N) is 2. The molecule has 0 atom stereocenters. The molecule has 39 heavy (non-hydrogen) atoms. The van der Waals surface area contributed by atoms with E-state index in [1.807, 2.05) is 35.9 Å². The quantitative estimate of drug-likeness (QED) is 0.239. The van der Waals surface area contributed by atoms with Gasteiger partial charge in [0.2, 0.25) is 0 Å². The van der Waals surface area contributed by atoms with Crippen molar-refractivity contribution in [2.24, 2.45) is 4.99 Å². The van der Waals surface area contributed by atoms with E-state index in [2.05, 4.69) is 119 Å². The van der Waals surface area contributed by atoms with Crippen molar-refractivity contribution in [2.45, 2.75) is 25.0 Å². The second-order valence-corrected chi connectivity index (χ2v) is 12.2. The maximum atomic E-state index is 4.68. The highest BCUT2D eigenvalue weighted by atomic mass is 32.2. The van der Waals surface area contributed by atoms with Crippen LogP contribution in [0.2, 0.25) is 0 Å². The molecule has 4 heterocycles. The number of hydrogen-bond acceptors (Lipinski definition) is 5. The first-order valence-electron chi connectivity index (χ1n) is 13.2. The fourth-order valence-electron chi connectivity index (χ4n) is 6.20. The zero-order valence-electron chi connectivity index (χ0n) is 21.1. The first kappa shape index (κ1) is 23.0. The van der Waals surface area contributed by atoms with Crippen molar-refractivity contribution in [3.05, 3.63) is 143 Å². The minimum atomic E-state index is -0.401. The van der Waals surface area contributed by atoms with Crippen LogP contribution in [0.25, 0.3) is 11.4 Å². The summed E-state index contributed by atoms with van der Waals surface area (Å²) in [5, 5.41) is 6.86. The van der Waals surface area contributed by atoms with E-state index >= 15 is 0 Å². The molecule has 188 valence electrons. The van der Waals surface area contributed by atoms with Gasteiger partial charge < -0.3 is 10.6 Å². The summed E-state index contributed by atoms with van der Waals surface area (Å²) in [6.45, 7) is 1.63. The molecule has 0 aromatic heterocycles. The standard InChI is InChI=1S/C34H25N3S2/c1-3-10-30-24(7-1)34(25-8-2-4-11-31(25)38-30)26-14-12-22(28-9-5-6-16-36-28)19-32(26)39-33-20-23(13-15-27(33)34)29-21-35-17-18-37-29/h1-15,18-21,35-36H,16-17H2. The Morgan fingerprint density at radius 3 is 1.97 bits per heavy atom. The summed E-state index contributed by atoms with van der Waals surface area (Å²) in [4.78, 5) is 9.89. The van der Waals surface area contributed by atoms with E-state index in [9.17, 15) is 0 Å². The molecule has 4 aromatic carbocycles. The molecule has 5 heteroatoms. The van der Waals surface area contributed by atoms with Gasteiger partial charge in [0.25, 0.3) is 0 Å². The molecular weight excluding hydrogens is 515 g/mol. The minimum absolute atomic E-state index is 0.401. The lowest BCUT2D eigenvalue weighted by Crippen LogP contribution is -2.36. The van der Waals surface area contributed by atoms with Gasteiger partial charge in [0.1, 0.15) is 0 Å². The van der Waals surface area contributed by atoms with Crippen molar-refractivity contribution in [1.82, 2.24) is 10.6 Å². The molecule has 1 spiro atoms. The number of hydrogen-bond donors (Lipinski definition) is 2. The molecule has 4 aromatic rings. The van der Waals surface area contributed by atoms with Crippen molar-refractivity contribution in [3.63, 3.8) is 0 Å². The van der Waals surface area contributed by atoms with Crippen molar-refractivity contribution in [1.29, 1.82) is 0 Å². The Morgan fingerprint density at radius 1 is 0.667 bits per heavy atom. The molecule has 8 rings (SSSR count). The highest BCUT2D eigenvalue weighted by Gasteiger charge is 2.48. The van der Waals surface area contributed by atoms with Gasteiger partial charge in [-0.05, 0) is 58.2 Å². The number of rotatable bonds is 2. The maximum Gasteiger partial charge on any atom is 0.0855 e. The molecule has 0 saturated heterocycles. The topological polar surface area (TPSA) is 36.4 Å². The molecule has 0 saturated carbocycles. The predicted molar refractivity (Wildman–Crippen MR) is 163 cm³/mol. The Kier molecular flexibility index (Phi) is 5.35. The normalized spacial score (nSPS) is 17.5. The molecule has 0 bridgehead atoms. The average molecular weight is 540 g/mol. The van der Waals surface area contributed by atoms with Gasteiger partial charge in [-0.25, -0.2) is 0 Å². The van der Waals surface area contributed by atoms with Crippen LogP contribution in [0.3, 0.4) is 0 Å². The van der Waals surface area contributed by atoms with Gasteiger partial charge in [-0.15, -0.1) is 0 Å². The molecule has 4 aliphatic rings. The van der Waals surface area contributed by atoms with Crippen LogP contribution in [0.5, 0.6) is 0 Å². The van der Waals surface area contributed by atoms with E-state index in [1.54, 1.807) is 0 Å². The summed E-state index contributed by atoms with van der Waals surface area (Å²) < 4.78 is 0. The average Bonchev–Trinajstić information content (AvgIpc) is 3.01. The van der Waals surface area contributed by atoms with Crippen LogP contribution in [-0.4, -0.2) is 19.3 Å². The Labute approximate surface area is 236 Å². The largest absolute Gasteiger partial charge is 0.384 e. The highest BCUT2D eigenvalue weighted by molar-refractivity contribution is 8.00. The maximum absolute atomic E-state index is 4.68. The molecule has 0 amide bonds. The van der Waals surface area contributed by atoms with Crippen LogP contribution >= 0.6 is 23.5 Å². The van der Waals surface area contributed by atoms with Gasteiger partial charge in [0, 0.05) is 56.3 Å². The van der Waals surface area contributed by atoms with Crippen LogP contribution in [-0.2, 0) is 5.41 Å². The molecule has 0 aliphatic carbocycles. The van der Waals surface area contributed by atoms with Gasteiger partial charge in [-0.1, -0.05) is 96.3 Å². The van der Waals surface area contributed by atoms with Crippen LogP contribution < -0.4 is 10.6 Å². The van der Waals surface area contributed by atoms with E-state index in [-0.39, 0.29) is 0 Å². The SMILES string of the molecule is C1=CCNC(c2ccc3c(c2)Sc2cc(C4=CNCC=N4)ccc2C32c3ccccc3Sc3ccccc32)=C1. The van der Waals surface area contributed by atoms with E-state index in [0.29, 0.717) is 0 Å². The summed E-state index contributed by atoms with van der Waals surface area (Å²) >= 11 is 3.76. The lowest BCUT2D eigenvalue weighted by molar-refractivity contribution is 0.666. The number of dihydropyridines is 1. The first-order valence-corrected chi connectivity index (χ1v) is 14.9. The third-order valence-electron chi connectivity index (χ3n) is 7.89. The molecule has 2 N–H and O–H groups in total. The van der Waals surface area contributed by atoms with Crippen molar-refractivity contribution >= 4 is 41.1 Å². The molecule has 4 aliphatic heterocycles.